The zero-order valence-electron chi connectivity index (χ0n) is 12.5. The molecule has 1 fully saturated rings. The van der Waals surface area contributed by atoms with Crippen molar-refractivity contribution in [3.05, 3.63) is 35.9 Å². The first kappa shape index (κ1) is 14.6. The van der Waals surface area contributed by atoms with Crippen LogP contribution in [0.5, 0.6) is 0 Å². The number of hydrogen-bond acceptors (Lipinski definition) is 7. The molecule has 1 saturated heterocycles. The van der Waals surface area contributed by atoms with E-state index in [-0.39, 0.29) is 0 Å². The standard InChI is InChI=1S/C15H20N6O/c1-11-2-4-12(5-3-11)17-13-10-14(20-16)19-15(18-13)21-6-8-22-9-7-21/h2-5,10H,6-9,16H2,1H3,(H2,17,18,19,20). The summed E-state index contributed by atoms with van der Waals surface area (Å²) in [5.41, 5.74) is 4.78. The molecule has 0 spiro atoms. The summed E-state index contributed by atoms with van der Waals surface area (Å²) in [4.78, 5) is 11.1. The first-order valence-corrected chi connectivity index (χ1v) is 7.27. The van der Waals surface area contributed by atoms with Crippen molar-refractivity contribution in [1.82, 2.24) is 9.97 Å². The number of benzene rings is 1. The second kappa shape index (κ2) is 6.59. The van der Waals surface area contributed by atoms with Crippen LogP contribution >= 0.6 is 0 Å². The van der Waals surface area contributed by atoms with E-state index in [9.17, 15) is 0 Å². The van der Waals surface area contributed by atoms with Gasteiger partial charge >= 0.3 is 0 Å². The highest BCUT2D eigenvalue weighted by molar-refractivity contribution is 5.61. The molecule has 0 unspecified atom stereocenters. The zero-order valence-corrected chi connectivity index (χ0v) is 12.5. The highest BCUT2D eigenvalue weighted by Crippen LogP contribution is 2.21. The van der Waals surface area contributed by atoms with Gasteiger partial charge in [0.2, 0.25) is 5.95 Å². The minimum Gasteiger partial charge on any atom is -0.378 e. The van der Waals surface area contributed by atoms with Gasteiger partial charge in [-0.3, -0.25) is 0 Å². The van der Waals surface area contributed by atoms with Gasteiger partial charge in [0.05, 0.1) is 13.2 Å². The Morgan fingerprint density at radius 3 is 2.45 bits per heavy atom. The third-order valence-corrected chi connectivity index (χ3v) is 3.48. The molecule has 116 valence electrons. The minimum absolute atomic E-state index is 0.575. The van der Waals surface area contributed by atoms with Crippen LogP contribution in [0.4, 0.5) is 23.3 Å². The van der Waals surface area contributed by atoms with Gasteiger partial charge < -0.3 is 20.4 Å². The Morgan fingerprint density at radius 1 is 1.09 bits per heavy atom. The topological polar surface area (TPSA) is 88.3 Å². The van der Waals surface area contributed by atoms with Crippen molar-refractivity contribution < 1.29 is 4.74 Å². The molecule has 2 aromatic rings. The van der Waals surface area contributed by atoms with Crippen LogP contribution in [0, 0.1) is 6.92 Å². The molecule has 0 atom stereocenters. The van der Waals surface area contributed by atoms with E-state index in [0.717, 1.165) is 18.8 Å². The smallest absolute Gasteiger partial charge is 0.229 e. The first-order valence-electron chi connectivity index (χ1n) is 7.27. The molecule has 22 heavy (non-hydrogen) atoms. The fourth-order valence-electron chi connectivity index (χ4n) is 2.26. The lowest BCUT2D eigenvalue weighted by Gasteiger charge is -2.27. The summed E-state index contributed by atoms with van der Waals surface area (Å²) in [6, 6.07) is 9.91. The van der Waals surface area contributed by atoms with Gasteiger partial charge in [0.1, 0.15) is 11.6 Å². The Balaban J connectivity index is 1.84. The molecule has 0 amide bonds. The predicted molar refractivity (Wildman–Crippen MR) is 87.3 cm³/mol. The van der Waals surface area contributed by atoms with Gasteiger partial charge in [-0.1, -0.05) is 17.7 Å². The SMILES string of the molecule is Cc1ccc(Nc2cc(NN)nc(N3CCOCC3)n2)cc1. The maximum atomic E-state index is 5.52. The summed E-state index contributed by atoms with van der Waals surface area (Å²) in [5.74, 6) is 7.44. The van der Waals surface area contributed by atoms with Gasteiger partial charge in [0.15, 0.2) is 0 Å². The molecule has 0 aliphatic carbocycles. The summed E-state index contributed by atoms with van der Waals surface area (Å²) in [6.45, 7) is 4.98. The van der Waals surface area contributed by atoms with Gasteiger partial charge in [-0.05, 0) is 19.1 Å². The number of aryl methyl sites for hydroxylation is 1. The van der Waals surface area contributed by atoms with Gasteiger partial charge in [-0.2, -0.15) is 9.97 Å². The number of ether oxygens (including phenoxy) is 1. The van der Waals surface area contributed by atoms with Gasteiger partial charge in [0, 0.05) is 24.8 Å². The number of morpholine rings is 1. The number of nitrogens with one attached hydrogen (secondary N) is 2. The van der Waals surface area contributed by atoms with E-state index in [0.29, 0.717) is 30.8 Å². The molecule has 7 nitrogen and oxygen atoms in total. The van der Waals surface area contributed by atoms with Crippen LogP contribution in [0.2, 0.25) is 0 Å². The highest BCUT2D eigenvalue weighted by atomic mass is 16.5. The van der Waals surface area contributed by atoms with Crippen molar-refractivity contribution >= 4 is 23.3 Å². The number of rotatable bonds is 4. The van der Waals surface area contributed by atoms with E-state index in [1.165, 1.54) is 5.56 Å². The Bertz CT molecular complexity index is 624. The summed E-state index contributed by atoms with van der Waals surface area (Å²) in [7, 11) is 0. The molecule has 0 bridgehead atoms. The van der Waals surface area contributed by atoms with Crippen molar-refractivity contribution in [3.63, 3.8) is 0 Å². The van der Waals surface area contributed by atoms with E-state index in [1.54, 1.807) is 6.07 Å². The molecule has 0 saturated carbocycles. The molecular weight excluding hydrogens is 280 g/mol. The van der Waals surface area contributed by atoms with Crippen molar-refractivity contribution in [3.8, 4) is 0 Å². The lowest BCUT2D eigenvalue weighted by Crippen LogP contribution is -2.37. The minimum atomic E-state index is 0.575. The first-order chi connectivity index (χ1) is 10.7. The van der Waals surface area contributed by atoms with Crippen LogP contribution in [-0.4, -0.2) is 36.3 Å². The van der Waals surface area contributed by atoms with E-state index < -0.39 is 0 Å². The van der Waals surface area contributed by atoms with E-state index >= 15 is 0 Å². The molecule has 1 aliphatic rings. The predicted octanol–water partition coefficient (Wildman–Crippen LogP) is 1.65. The molecule has 4 N–H and O–H groups in total. The number of hydrazine groups is 1. The highest BCUT2D eigenvalue weighted by Gasteiger charge is 2.15. The fraction of sp³-hybridized carbons (Fsp3) is 0.333. The van der Waals surface area contributed by atoms with Crippen molar-refractivity contribution in [2.75, 3.05) is 41.9 Å². The van der Waals surface area contributed by atoms with Crippen LogP contribution in [0.25, 0.3) is 0 Å². The molecule has 3 rings (SSSR count). The van der Waals surface area contributed by atoms with E-state index in [4.69, 9.17) is 10.6 Å². The zero-order chi connectivity index (χ0) is 15.4. The molecule has 7 heteroatoms. The Labute approximate surface area is 129 Å². The van der Waals surface area contributed by atoms with Gasteiger partial charge in [-0.15, -0.1) is 0 Å². The largest absolute Gasteiger partial charge is 0.378 e. The average molecular weight is 300 g/mol. The Hall–Kier alpha value is -2.38. The molecule has 2 heterocycles. The molecular formula is C15H20N6O. The van der Waals surface area contributed by atoms with Gasteiger partial charge in [0.25, 0.3) is 0 Å². The quantitative estimate of drug-likeness (QED) is 0.584. The third-order valence-electron chi connectivity index (χ3n) is 3.48. The number of hydrogen-bond donors (Lipinski definition) is 3. The second-order valence-electron chi connectivity index (χ2n) is 5.17. The van der Waals surface area contributed by atoms with Crippen molar-refractivity contribution in [2.24, 2.45) is 5.84 Å². The van der Waals surface area contributed by atoms with Crippen LogP contribution < -0.4 is 21.5 Å². The van der Waals surface area contributed by atoms with E-state index in [1.807, 2.05) is 12.1 Å². The number of nitrogen functional groups attached to an aromatic ring is 1. The van der Waals surface area contributed by atoms with Crippen LogP contribution in [-0.2, 0) is 4.74 Å². The van der Waals surface area contributed by atoms with Crippen molar-refractivity contribution in [1.29, 1.82) is 0 Å². The van der Waals surface area contributed by atoms with Gasteiger partial charge in [-0.25, -0.2) is 5.84 Å². The Kier molecular flexibility index (Phi) is 4.36. The normalized spacial score (nSPS) is 14.7. The summed E-state index contributed by atoms with van der Waals surface area (Å²) in [5, 5.41) is 3.28. The van der Waals surface area contributed by atoms with Crippen LogP contribution in [0.3, 0.4) is 0 Å². The van der Waals surface area contributed by atoms with Crippen LogP contribution in [0.1, 0.15) is 5.56 Å². The van der Waals surface area contributed by atoms with Crippen LogP contribution in [0.15, 0.2) is 30.3 Å². The molecule has 0 radical (unpaired) electrons. The average Bonchev–Trinajstić information content (AvgIpc) is 2.57. The fourth-order valence-corrected chi connectivity index (χ4v) is 2.26. The monoisotopic (exact) mass is 300 g/mol. The summed E-state index contributed by atoms with van der Waals surface area (Å²) < 4.78 is 5.36. The number of anilines is 4. The summed E-state index contributed by atoms with van der Waals surface area (Å²) >= 11 is 0. The third kappa shape index (κ3) is 3.44. The second-order valence-corrected chi connectivity index (χ2v) is 5.17. The summed E-state index contributed by atoms with van der Waals surface area (Å²) in [6.07, 6.45) is 0. The number of nitrogens with zero attached hydrogens (tertiary/aromatic N) is 3. The lowest BCUT2D eigenvalue weighted by atomic mass is 10.2. The maximum absolute atomic E-state index is 5.52. The number of aromatic nitrogens is 2. The Morgan fingerprint density at radius 2 is 1.77 bits per heavy atom. The maximum Gasteiger partial charge on any atom is 0.229 e. The number of nitrogens with two attached hydrogens (primary N) is 1. The lowest BCUT2D eigenvalue weighted by molar-refractivity contribution is 0.122. The molecule has 1 aliphatic heterocycles. The van der Waals surface area contributed by atoms with E-state index in [2.05, 4.69) is 44.7 Å². The van der Waals surface area contributed by atoms with Crippen molar-refractivity contribution in [2.45, 2.75) is 6.92 Å². The molecule has 1 aromatic heterocycles. The molecule has 1 aromatic carbocycles.